The molecule has 2 saturated heterocycles. The maximum Gasteiger partial charge on any atom is 0.243 e. The quantitative estimate of drug-likeness (QED) is 0.767. The SMILES string of the molecule is O=C(Nc1cccc(F)c1)[C@@H]1CCCN(S(=O)(=O)c2ccc(N3CCCC3=O)cc2)C1. The van der Waals surface area contributed by atoms with Crippen LogP contribution in [0.4, 0.5) is 15.8 Å². The number of amides is 2. The molecule has 7 nitrogen and oxygen atoms in total. The van der Waals surface area contributed by atoms with Gasteiger partial charge >= 0.3 is 0 Å². The minimum absolute atomic E-state index is 0.0405. The first-order valence-electron chi connectivity index (χ1n) is 10.3. The number of hydrogen-bond donors (Lipinski definition) is 1. The van der Waals surface area contributed by atoms with E-state index in [0.29, 0.717) is 43.7 Å². The smallest absolute Gasteiger partial charge is 0.243 e. The van der Waals surface area contributed by atoms with Crippen molar-refractivity contribution in [3.8, 4) is 0 Å². The topological polar surface area (TPSA) is 86.8 Å². The molecule has 0 aromatic heterocycles. The number of sulfonamides is 1. The third-order valence-corrected chi connectivity index (χ3v) is 7.59. The van der Waals surface area contributed by atoms with E-state index in [0.717, 1.165) is 6.42 Å². The zero-order valence-electron chi connectivity index (χ0n) is 17.0. The lowest BCUT2D eigenvalue weighted by atomic mass is 9.99. The van der Waals surface area contributed by atoms with Gasteiger partial charge in [0.2, 0.25) is 21.8 Å². The molecule has 164 valence electrons. The van der Waals surface area contributed by atoms with Gasteiger partial charge in [-0.1, -0.05) is 6.07 Å². The van der Waals surface area contributed by atoms with Gasteiger partial charge in [-0.3, -0.25) is 9.59 Å². The average molecular weight is 446 g/mol. The lowest BCUT2D eigenvalue weighted by Gasteiger charge is -2.31. The van der Waals surface area contributed by atoms with Gasteiger partial charge in [-0.25, -0.2) is 12.8 Å². The molecule has 2 amide bonds. The second-order valence-electron chi connectivity index (χ2n) is 7.84. The van der Waals surface area contributed by atoms with Crippen LogP contribution >= 0.6 is 0 Å². The summed E-state index contributed by atoms with van der Waals surface area (Å²) in [6.45, 7) is 1.04. The van der Waals surface area contributed by atoms with Crippen molar-refractivity contribution in [2.45, 2.75) is 30.6 Å². The molecular formula is C22H24FN3O4S. The number of hydrogen-bond acceptors (Lipinski definition) is 4. The molecule has 0 radical (unpaired) electrons. The highest BCUT2D eigenvalue weighted by Gasteiger charge is 2.33. The third kappa shape index (κ3) is 4.62. The molecule has 0 saturated carbocycles. The van der Waals surface area contributed by atoms with Gasteiger partial charge < -0.3 is 10.2 Å². The molecule has 1 atom stereocenters. The van der Waals surface area contributed by atoms with E-state index in [9.17, 15) is 22.4 Å². The second kappa shape index (κ2) is 8.76. The number of rotatable bonds is 5. The molecule has 0 aliphatic carbocycles. The fourth-order valence-corrected chi connectivity index (χ4v) is 5.58. The summed E-state index contributed by atoms with van der Waals surface area (Å²) in [6, 6.07) is 11.9. The summed E-state index contributed by atoms with van der Waals surface area (Å²) in [5.74, 6) is -1.26. The van der Waals surface area contributed by atoms with Crippen LogP contribution in [0.5, 0.6) is 0 Å². The summed E-state index contributed by atoms with van der Waals surface area (Å²) in [5.41, 5.74) is 1.03. The molecule has 2 aliphatic rings. The Morgan fingerprint density at radius 1 is 1.06 bits per heavy atom. The van der Waals surface area contributed by atoms with Gasteiger partial charge in [0.1, 0.15) is 5.82 Å². The fourth-order valence-electron chi connectivity index (χ4n) is 4.05. The number of piperidine rings is 1. The van der Waals surface area contributed by atoms with E-state index in [1.807, 2.05) is 0 Å². The van der Waals surface area contributed by atoms with Crippen LogP contribution < -0.4 is 10.2 Å². The molecule has 2 heterocycles. The monoisotopic (exact) mass is 445 g/mol. The van der Waals surface area contributed by atoms with Crippen LogP contribution in [0.3, 0.4) is 0 Å². The third-order valence-electron chi connectivity index (χ3n) is 5.71. The Balaban J connectivity index is 1.45. The molecule has 2 aliphatic heterocycles. The normalized spacial score (nSPS) is 20.1. The molecule has 2 aromatic rings. The zero-order chi connectivity index (χ0) is 22.0. The lowest BCUT2D eigenvalue weighted by molar-refractivity contribution is -0.121. The maximum absolute atomic E-state index is 13.4. The van der Waals surface area contributed by atoms with Crippen molar-refractivity contribution in [2.75, 3.05) is 29.9 Å². The van der Waals surface area contributed by atoms with Gasteiger partial charge in [-0.05, 0) is 61.7 Å². The second-order valence-corrected chi connectivity index (χ2v) is 9.78. The Hall–Kier alpha value is -2.78. The van der Waals surface area contributed by atoms with Gasteiger partial charge in [0.05, 0.1) is 10.8 Å². The van der Waals surface area contributed by atoms with Crippen molar-refractivity contribution in [1.82, 2.24) is 4.31 Å². The molecular weight excluding hydrogens is 421 g/mol. The van der Waals surface area contributed by atoms with Crippen LogP contribution in [0, 0.1) is 11.7 Å². The van der Waals surface area contributed by atoms with E-state index in [-0.39, 0.29) is 23.3 Å². The number of benzene rings is 2. The molecule has 31 heavy (non-hydrogen) atoms. The molecule has 2 fully saturated rings. The van der Waals surface area contributed by atoms with E-state index in [4.69, 9.17) is 0 Å². The molecule has 0 bridgehead atoms. The Labute approximate surface area is 180 Å². The largest absolute Gasteiger partial charge is 0.326 e. The summed E-state index contributed by atoms with van der Waals surface area (Å²) in [5, 5.41) is 2.67. The number of anilines is 2. The van der Waals surface area contributed by atoms with Gasteiger partial charge in [0, 0.05) is 37.4 Å². The predicted molar refractivity (Wildman–Crippen MR) is 115 cm³/mol. The molecule has 0 spiro atoms. The number of carbonyl (C=O) groups is 2. The number of halogens is 1. The summed E-state index contributed by atoms with van der Waals surface area (Å²) < 4.78 is 40.9. The van der Waals surface area contributed by atoms with Gasteiger partial charge in [-0.2, -0.15) is 4.31 Å². The first-order valence-corrected chi connectivity index (χ1v) is 11.8. The van der Waals surface area contributed by atoms with Crippen molar-refractivity contribution in [1.29, 1.82) is 0 Å². The summed E-state index contributed by atoms with van der Waals surface area (Å²) in [6.07, 6.45) is 2.42. The highest BCUT2D eigenvalue weighted by molar-refractivity contribution is 7.89. The Kier molecular flexibility index (Phi) is 6.06. The van der Waals surface area contributed by atoms with E-state index in [1.165, 1.54) is 34.6 Å². The van der Waals surface area contributed by atoms with Crippen molar-refractivity contribution < 1.29 is 22.4 Å². The van der Waals surface area contributed by atoms with E-state index < -0.39 is 21.8 Å². The first-order chi connectivity index (χ1) is 14.8. The van der Waals surface area contributed by atoms with E-state index >= 15 is 0 Å². The van der Waals surface area contributed by atoms with Crippen molar-refractivity contribution in [3.05, 3.63) is 54.3 Å². The number of nitrogens with one attached hydrogen (secondary N) is 1. The minimum atomic E-state index is -3.77. The first kappa shape index (κ1) is 21.5. The fraction of sp³-hybridized carbons (Fsp3) is 0.364. The van der Waals surface area contributed by atoms with Crippen molar-refractivity contribution in [3.63, 3.8) is 0 Å². The minimum Gasteiger partial charge on any atom is -0.326 e. The van der Waals surface area contributed by atoms with Crippen LogP contribution in [0.15, 0.2) is 53.4 Å². The van der Waals surface area contributed by atoms with Crippen LogP contribution in [-0.4, -0.2) is 44.2 Å². The highest BCUT2D eigenvalue weighted by atomic mass is 32.2. The van der Waals surface area contributed by atoms with Crippen LogP contribution in [0.2, 0.25) is 0 Å². The molecule has 9 heteroatoms. The van der Waals surface area contributed by atoms with E-state index in [1.54, 1.807) is 23.1 Å². The summed E-state index contributed by atoms with van der Waals surface area (Å²) in [4.78, 5) is 26.3. The molecule has 1 N–H and O–H groups in total. The Morgan fingerprint density at radius 2 is 1.84 bits per heavy atom. The number of carbonyl (C=O) groups excluding carboxylic acids is 2. The standard InChI is InChI=1S/C22H24FN3O4S/c23-17-5-1-6-18(14-17)24-22(28)16-4-2-12-25(15-16)31(29,30)20-10-8-19(9-11-20)26-13-3-7-21(26)27/h1,5-6,8-11,14,16H,2-4,7,12-13,15H2,(H,24,28)/t16-/m1/s1. The van der Waals surface area contributed by atoms with Gasteiger partial charge in [-0.15, -0.1) is 0 Å². The molecule has 4 rings (SSSR count). The van der Waals surface area contributed by atoms with Gasteiger partial charge in [0.15, 0.2) is 0 Å². The highest BCUT2D eigenvalue weighted by Crippen LogP contribution is 2.27. The van der Waals surface area contributed by atoms with Crippen LogP contribution in [0.1, 0.15) is 25.7 Å². The zero-order valence-corrected chi connectivity index (χ0v) is 17.8. The number of nitrogens with zero attached hydrogens (tertiary/aromatic N) is 2. The van der Waals surface area contributed by atoms with Crippen LogP contribution in [-0.2, 0) is 19.6 Å². The Morgan fingerprint density at radius 3 is 2.52 bits per heavy atom. The summed E-state index contributed by atoms with van der Waals surface area (Å²) >= 11 is 0. The Bertz CT molecular complexity index is 1090. The molecule has 2 aromatic carbocycles. The van der Waals surface area contributed by atoms with Crippen LogP contribution in [0.25, 0.3) is 0 Å². The summed E-state index contributed by atoms with van der Waals surface area (Å²) in [7, 11) is -3.77. The lowest BCUT2D eigenvalue weighted by Crippen LogP contribution is -2.43. The molecule has 0 unspecified atom stereocenters. The predicted octanol–water partition coefficient (Wildman–Crippen LogP) is 2.99. The maximum atomic E-state index is 13.4. The van der Waals surface area contributed by atoms with Crippen molar-refractivity contribution >= 4 is 33.2 Å². The average Bonchev–Trinajstić information content (AvgIpc) is 3.20. The van der Waals surface area contributed by atoms with Gasteiger partial charge in [0.25, 0.3) is 0 Å². The van der Waals surface area contributed by atoms with Crippen molar-refractivity contribution in [2.24, 2.45) is 5.92 Å². The van der Waals surface area contributed by atoms with E-state index in [2.05, 4.69) is 5.32 Å².